The molecule has 0 saturated carbocycles. The molecular formula is C15H26N2O. The van der Waals surface area contributed by atoms with Crippen LogP contribution in [0.15, 0.2) is 24.3 Å². The van der Waals surface area contributed by atoms with Crippen molar-refractivity contribution >= 4 is 5.69 Å². The van der Waals surface area contributed by atoms with Crippen LogP contribution in [-0.4, -0.2) is 24.8 Å². The Labute approximate surface area is 110 Å². The van der Waals surface area contributed by atoms with Crippen LogP contribution in [0.5, 0.6) is 0 Å². The van der Waals surface area contributed by atoms with E-state index in [0.717, 1.165) is 31.6 Å². The van der Waals surface area contributed by atoms with Crippen molar-refractivity contribution in [2.75, 3.05) is 25.0 Å². The maximum atomic E-state index is 8.84. The second-order valence-corrected chi connectivity index (χ2v) is 5.15. The molecule has 18 heavy (non-hydrogen) atoms. The molecule has 0 aliphatic heterocycles. The zero-order chi connectivity index (χ0) is 13.4. The molecule has 3 nitrogen and oxygen atoms in total. The summed E-state index contributed by atoms with van der Waals surface area (Å²) in [6.07, 6.45) is 1.75. The zero-order valence-corrected chi connectivity index (χ0v) is 11.5. The number of hydrogen-bond acceptors (Lipinski definition) is 3. The Morgan fingerprint density at radius 2 is 2.11 bits per heavy atom. The topological polar surface area (TPSA) is 58.3 Å². The lowest BCUT2D eigenvalue weighted by molar-refractivity contribution is 0.288. The molecule has 102 valence electrons. The van der Waals surface area contributed by atoms with E-state index >= 15 is 0 Å². The first-order valence-corrected chi connectivity index (χ1v) is 6.81. The lowest BCUT2D eigenvalue weighted by atomic mass is 9.96. The summed E-state index contributed by atoms with van der Waals surface area (Å²) in [7, 11) is 0. The van der Waals surface area contributed by atoms with Crippen molar-refractivity contribution in [1.82, 2.24) is 0 Å². The van der Waals surface area contributed by atoms with Crippen LogP contribution in [0, 0.1) is 11.8 Å². The Bertz CT molecular complexity index is 339. The fraction of sp³-hybridized carbons (Fsp3) is 0.600. The van der Waals surface area contributed by atoms with Gasteiger partial charge in [0.2, 0.25) is 0 Å². The first kappa shape index (κ1) is 15.0. The molecule has 1 aromatic carbocycles. The molecule has 0 spiro atoms. The number of aliphatic hydroxyl groups excluding tert-OH is 1. The molecule has 1 atom stereocenters. The van der Waals surface area contributed by atoms with Gasteiger partial charge in [-0.05, 0) is 48.9 Å². The van der Waals surface area contributed by atoms with E-state index in [2.05, 4.69) is 43.4 Å². The van der Waals surface area contributed by atoms with Crippen LogP contribution in [0.25, 0.3) is 0 Å². The second-order valence-electron chi connectivity index (χ2n) is 5.15. The van der Waals surface area contributed by atoms with Gasteiger partial charge in [0.15, 0.2) is 0 Å². The Hall–Kier alpha value is -1.06. The number of aliphatic hydroxyl groups is 1. The molecule has 4 N–H and O–H groups in total. The van der Waals surface area contributed by atoms with Gasteiger partial charge in [0, 0.05) is 18.8 Å². The van der Waals surface area contributed by atoms with Crippen LogP contribution in [0.1, 0.15) is 25.8 Å². The molecule has 0 fully saturated rings. The van der Waals surface area contributed by atoms with Crippen molar-refractivity contribution in [2.24, 2.45) is 17.6 Å². The van der Waals surface area contributed by atoms with E-state index in [9.17, 15) is 0 Å². The molecule has 0 bridgehead atoms. The fourth-order valence-corrected chi connectivity index (χ4v) is 1.96. The minimum Gasteiger partial charge on any atom is -0.396 e. The van der Waals surface area contributed by atoms with Crippen LogP contribution in [0.3, 0.4) is 0 Å². The molecule has 1 aromatic rings. The highest BCUT2D eigenvalue weighted by atomic mass is 16.2. The summed E-state index contributed by atoms with van der Waals surface area (Å²) in [4.78, 5) is 0. The van der Waals surface area contributed by atoms with Crippen LogP contribution < -0.4 is 11.1 Å². The van der Waals surface area contributed by atoms with E-state index < -0.39 is 0 Å². The smallest absolute Gasteiger partial charge is 0.0434 e. The maximum Gasteiger partial charge on any atom is 0.0434 e. The normalized spacial score (nSPS) is 12.7. The SMILES string of the molecule is CC(C)C(CN)CNc1cccc(CCCO)c1. The monoisotopic (exact) mass is 250 g/mol. The van der Waals surface area contributed by atoms with Gasteiger partial charge in [-0.3, -0.25) is 0 Å². The first-order chi connectivity index (χ1) is 8.67. The van der Waals surface area contributed by atoms with Crippen molar-refractivity contribution in [1.29, 1.82) is 0 Å². The average Bonchev–Trinajstić information content (AvgIpc) is 2.37. The highest BCUT2D eigenvalue weighted by molar-refractivity contribution is 5.45. The third-order valence-electron chi connectivity index (χ3n) is 3.36. The maximum absolute atomic E-state index is 8.84. The van der Waals surface area contributed by atoms with E-state index in [1.807, 2.05) is 0 Å². The summed E-state index contributed by atoms with van der Waals surface area (Å²) < 4.78 is 0. The zero-order valence-electron chi connectivity index (χ0n) is 11.5. The average molecular weight is 250 g/mol. The van der Waals surface area contributed by atoms with Crippen molar-refractivity contribution in [2.45, 2.75) is 26.7 Å². The van der Waals surface area contributed by atoms with Crippen LogP contribution in [0.2, 0.25) is 0 Å². The van der Waals surface area contributed by atoms with Gasteiger partial charge in [-0.25, -0.2) is 0 Å². The summed E-state index contributed by atoms with van der Waals surface area (Å²) in [6.45, 7) is 6.29. The molecule has 0 aliphatic carbocycles. The number of nitrogens with one attached hydrogen (secondary N) is 1. The number of hydrogen-bond donors (Lipinski definition) is 3. The van der Waals surface area contributed by atoms with Crippen LogP contribution >= 0.6 is 0 Å². The number of benzene rings is 1. The van der Waals surface area contributed by atoms with Crippen molar-refractivity contribution in [3.8, 4) is 0 Å². The number of nitrogens with two attached hydrogens (primary N) is 1. The van der Waals surface area contributed by atoms with Gasteiger partial charge in [0.05, 0.1) is 0 Å². The highest BCUT2D eigenvalue weighted by Gasteiger charge is 2.10. The van der Waals surface area contributed by atoms with E-state index in [1.165, 1.54) is 5.56 Å². The first-order valence-electron chi connectivity index (χ1n) is 6.81. The Balaban J connectivity index is 2.51. The van der Waals surface area contributed by atoms with Gasteiger partial charge >= 0.3 is 0 Å². The minimum atomic E-state index is 0.250. The summed E-state index contributed by atoms with van der Waals surface area (Å²) in [5, 5.41) is 12.3. The van der Waals surface area contributed by atoms with Crippen molar-refractivity contribution in [3.63, 3.8) is 0 Å². The van der Waals surface area contributed by atoms with Gasteiger partial charge in [-0.2, -0.15) is 0 Å². The summed E-state index contributed by atoms with van der Waals surface area (Å²) in [5.41, 5.74) is 8.18. The molecule has 0 radical (unpaired) electrons. The number of rotatable bonds is 8. The predicted molar refractivity (Wildman–Crippen MR) is 77.7 cm³/mol. The molecule has 0 heterocycles. The lowest BCUT2D eigenvalue weighted by Gasteiger charge is -2.20. The summed E-state index contributed by atoms with van der Waals surface area (Å²) in [5.74, 6) is 1.10. The number of aryl methyl sites for hydroxylation is 1. The standard InChI is InChI=1S/C15H26N2O/c1-12(2)14(10-16)11-17-15-7-3-5-13(9-15)6-4-8-18/h3,5,7,9,12,14,17-18H,4,6,8,10-11,16H2,1-2H3. The largest absolute Gasteiger partial charge is 0.396 e. The van der Waals surface area contributed by atoms with Gasteiger partial charge < -0.3 is 16.2 Å². The molecule has 1 rings (SSSR count). The molecule has 3 heteroatoms. The fourth-order valence-electron chi connectivity index (χ4n) is 1.96. The third kappa shape index (κ3) is 5.07. The predicted octanol–water partition coefficient (Wildman–Crippen LogP) is 2.25. The van der Waals surface area contributed by atoms with Gasteiger partial charge in [0.25, 0.3) is 0 Å². The van der Waals surface area contributed by atoms with Gasteiger partial charge in [0.1, 0.15) is 0 Å². The van der Waals surface area contributed by atoms with E-state index in [4.69, 9.17) is 10.8 Å². The quantitative estimate of drug-likeness (QED) is 0.663. The van der Waals surface area contributed by atoms with Gasteiger partial charge in [-0.15, -0.1) is 0 Å². The van der Waals surface area contributed by atoms with Crippen LogP contribution in [0.4, 0.5) is 5.69 Å². The molecule has 0 amide bonds. The summed E-state index contributed by atoms with van der Waals surface area (Å²) in [6, 6.07) is 8.39. The Morgan fingerprint density at radius 1 is 1.33 bits per heavy atom. The summed E-state index contributed by atoms with van der Waals surface area (Å²) >= 11 is 0. The third-order valence-corrected chi connectivity index (χ3v) is 3.36. The van der Waals surface area contributed by atoms with E-state index in [1.54, 1.807) is 0 Å². The Morgan fingerprint density at radius 3 is 2.72 bits per heavy atom. The molecule has 0 aromatic heterocycles. The number of anilines is 1. The molecular weight excluding hydrogens is 224 g/mol. The van der Waals surface area contributed by atoms with Crippen molar-refractivity contribution < 1.29 is 5.11 Å². The Kier molecular flexibility index (Phi) is 6.76. The van der Waals surface area contributed by atoms with Crippen molar-refractivity contribution in [3.05, 3.63) is 29.8 Å². The van der Waals surface area contributed by atoms with E-state index in [-0.39, 0.29) is 6.61 Å². The van der Waals surface area contributed by atoms with Gasteiger partial charge in [-0.1, -0.05) is 26.0 Å². The second kappa shape index (κ2) is 8.11. The minimum absolute atomic E-state index is 0.250. The van der Waals surface area contributed by atoms with Crippen LogP contribution in [-0.2, 0) is 6.42 Å². The lowest BCUT2D eigenvalue weighted by Crippen LogP contribution is -2.27. The molecule has 0 aliphatic rings. The molecule has 1 unspecified atom stereocenters. The van der Waals surface area contributed by atoms with E-state index in [0.29, 0.717) is 11.8 Å². The highest BCUT2D eigenvalue weighted by Crippen LogP contribution is 2.15. The molecule has 0 saturated heterocycles.